The highest BCUT2D eigenvalue weighted by Gasteiger charge is 2.29. The summed E-state index contributed by atoms with van der Waals surface area (Å²) in [6, 6.07) is 0.760. The summed E-state index contributed by atoms with van der Waals surface area (Å²) in [7, 11) is 0. The van der Waals surface area contributed by atoms with Crippen LogP contribution in [0.3, 0.4) is 0 Å². The number of hydrogen-bond donors (Lipinski definition) is 1. The quantitative estimate of drug-likeness (QED) is 0.676. The Morgan fingerprint density at radius 3 is 2.21 bits per heavy atom. The molecule has 14 heavy (non-hydrogen) atoms. The largest absolute Gasteiger partial charge is 0.375 e. The predicted molar refractivity (Wildman–Crippen MR) is 57.5 cm³/mol. The number of nitrogens with one attached hydrogen (secondary N) is 1. The average Bonchev–Trinajstić information content (AvgIpc) is 2.18. The van der Waals surface area contributed by atoms with Crippen molar-refractivity contribution in [1.82, 2.24) is 10.2 Å². The lowest BCUT2D eigenvalue weighted by atomic mass is 9.98. The van der Waals surface area contributed by atoms with E-state index in [-0.39, 0.29) is 0 Å². The molecule has 0 saturated carbocycles. The summed E-state index contributed by atoms with van der Waals surface area (Å²) in [5, 5.41) is 3.40. The maximum atomic E-state index is 5.76. The summed E-state index contributed by atoms with van der Waals surface area (Å²) in [5.41, 5.74) is 0. The minimum Gasteiger partial charge on any atom is -0.375 e. The van der Waals surface area contributed by atoms with Gasteiger partial charge < -0.3 is 10.1 Å². The van der Waals surface area contributed by atoms with E-state index in [1.165, 1.54) is 25.9 Å². The summed E-state index contributed by atoms with van der Waals surface area (Å²) in [4.78, 5) is 2.63. The second-order valence-corrected chi connectivity index (χ2v) is 4.67. The second-order valence-electron chi connectivity index (χ2n) is 4.67. The zero-order valence-electron chi connectivity index (χ0n) is 9.33. The van der Waals surface area contributed by atoms with Crippen molar-refractivity contribution < 1.29 is 4.74 Å². The van der Waals surface area contributed by atoms with Crippen molar-refractivity contribution in [2.45, 2.75) is 44.9 Å². The van der Waals surface area contributed by atoms with E-state index in [1.807, 2.05) is 0 Å². The molecule has 0 spiro atoms. The van der Waals surface area contributed by atoms with Gasteiger partial charge in [0.05, 0.1) is 12.2 Å². The van der Waals surface area contributed by atoms with Crippen LogP contribution < -0.4 is 5.32 Å². The zero-order chi connectivity index (χ0) is 9.97. The Morgan fingerprint density at radius 2 is 1.64 bits per heavy atom. The smallest absolute Gasteiger partial charge is 0.0565 e. The molecule has 82 valence electrons. The van der Waals surface area contributed by atoms with Gasteiger partial charge in [-0.2, -0.15) is 0 Å². The molecule has 0 radical (unpaired) electrons. The number of hydrogen-bond acceptors (Lipinski definition) is 3. The average molecular weight is 198 g/mol. The fourth-order valence-corrected chi connectivity index (χ4v) is 2.72. The lowest BCUT2D eigenvalue weighted by molar-refractivity contribution is -0.0666. The molecule has 2 aliphatic rings. The van der Waals surface area contributed by atoms with Gasteiger partial charge in [-0.05, 0) is 26.7 Å². The highest BCUT2D eigenvalue weighted by atomic mass is 16.5. The van der Waals surface area contributed by atoms with Gasteiger partial charge in [-0.3, -0.25) is 4.90 Å². The third kappa shape index (κ3) is 2.47. The summed E-state index contributed by atoms with van der Waals surface area (Å²) >= 11 is 0. The second kappa shape index (κ2) is 4.60. The molecule has 0 aromatic heterocycles. The van der Waals surface area contributed by atoms with Gasteiger partial charge in [0.25, 0.3) is 0 Å². The van der Waals surface area contributed by atoms with Crippen LogP contribution in [-0.2, 0) is 4.74 Å². The van der Waals surface area contributed by atoms with E-state index in [1.54, 1.807) is 0 Å². The molecule has 2 heterocycles. The standard InChI is InChI=1S/C11H22N2O/c1-9-7-11(8-10(2)14-9)13-5-3-12-4-6-13/h9-12H,3-8H2,1-2H3. The maximum Gasteiger partial charge on any atom is 0.0565 e. The molecule has 0 amide bonds. The third-order valence-electron chi connectivity index (χ3n) is 3.34. The van der Waals surface area contributed by atoms with Crippen LogP contribution >= 0.6 is 0 Å². The van der Waals surface area contributed by atoms with Crippen molar-refractivity contribution in [3.05, 3.63) is 0 Å². The Morgan fingerprint density at radius 1 is 1.07 bits per heavy atom. The van der Waals surface area contributed by atoms with Crippen LogP contribution in [0.2, 0.25) is 0 Å². The molecule has 3 heteroatoms. The van der Waals surface area contributed by atoms with E-state index in [2.05, 4.69) is 24.1 Å². The fourth-order valence-electron chi connectivity index (χ4n) is 2.72. The van der Waals surface area contributed by atoms with Crippen LogP contribution in [0.15, 0.2) is 0 Å². The molecular formula is C11H22N2O. The molecule has 0 aromatic rings. The number of nitrogens with zero attached hydrogens (tertiary/aromatic N) is 1. The van der Waals surface area contributed by atoms with Crippen LogP contribution in [0.4, 0.5) is 0 Å². The van der Waals surface area contributed by atoms with E-state index in [0.717, 1.165) is 19.1 Å². The minimum atomic E-state index is 0.443. The van der Waals surface area contributed by atoms with Gasteiger partial charge in [0, 0.05) is 32.2 Å². The van der Waals surface area contributed by atoms with Crippen molar-refractivity contribution >= 4 is 0 Å². The molecule has 0 aliphatic carbocycles. The van der Waals surface area contributed by atoms with Gasteiger partial charge in [0.1, 0.15) is 0 Å². The number of ether oxygens (including phenoxy) is 1. The first-order valence-corrected chi connectivity index (χ1v) is 5.86. The first kappa shape index (κ1) is 10.4. The highest BCUT2D eigenvalue weighted by molar-refractivity contribution is 4.83. The molecule has 2 atom stereocenters. The monoisotopic (exact) mass is 198 g/mol. The lowest BCUT2D eigenvalue weighted by Gasteiger charge is -2.41. The zero-order valence-corrected chi connectivity index (χ0v) is 9.33. The van der Waals surface area contributed by atoms with Crippen molar-refractivity contribution in [2.24, 2.45) is 0 Å². The van der Waals surface area contributed by atoms with Gasteiger partial charge in [-0.15, -0.1) is 0 Å². The van der Waals surface area contributed by atoms with Crippen LogP contribution in [0.25, 0.3) is 0 Å². The summed E-state index contributed by atoms with van der Waals surface area (Å²) in [5.74, 6) is 0. The first-order chi connectivity index (χ1) is 6.75. The van der Waals surface area contributed by atoms with Gasteiger partial charge in [0.2, 0.25) is 0 Å². The van der Waals surface area contributed by atoms with E-state index in [9.17, 15) is 0 Å². The topological polar surface area (TPSA) is 24.5 Å². The normalized spacial score (nSPS) is 41.1. The molecule has 2 rings (SSSR count). The van der Waals surface area contributed by atoms with Gasteiger partial charge in [-0.25, -0.2) is 0 Å². The SMILES string of the molecule is CC1CC(N2CCNCC2)CC(C)O1. The molecule has 0 bridgehead atoms. The highest BCUT2D eigenvalue weighted by Crippen LogP contribution is 2.23. The molecular weight excluding hydrogens is 176 g/mol. The van der Waals surface area contributed by atoms with Crippen molar-refractivity contribution in [3.63, 3.8) is 0 Å². The van der Waals surface area contributed by atoms with Crippen molar-refractivity contribution in [3.8, 4) is 0 Å². The molecule has 2 saturated heterocycles. The molecule has 2 fully saturated rings. The molecule has 1 N–H and O–H groups in total. The first-order valence-electron chi connectivity index (χ1n) is 5.86. The van der Waals surface area contributed by atoms with Crippen molar-refractivity contribution in [2.75, 3.05) is 26.2 Å². The molecule has 0 aromatic carbocycles. The Balaban J connectivity index is 1.88. The third-order valence-corrected chi connectivity index (χ3v) is 3.34. The maximum absolute atomic E-state index is 5.76. The Hall–Kier alpha value is -0.120. The van der Waals surface area contributed by atoms with E-state index in [0.29, 0.717) is 12.2 Å². The van der Waals surface area contributed by atoms with Crippen LogP contribution in [-0.4, -0.2) is 49.3 Å². The summed E-state index contributed by atoms with van der Waals surface area (Å²) in [6.45, 7) is 9.13. The van der Waals surface area contributed by atoms with E-state index in [4.69, 9.17) is 4.74 Å². The summed E-state index contributed by atoms with van der Waals surface area (Å²) < 4.78 is 5.76. The Kier molecular flexibility index (Phi) is 3.42. The van der Waals surface area contributed by atoms with Crippen molar-refractivity contribution in [1.29, 1.82) is 0 Å². The Labute approximate surface area is 86.8 Å². The van der Waals surface area contributed by atoms with Gasteiger partial charge in [0.15, 0.2) is 0 Å². The van der Waals surface area contributed by atoms with E-state index >= 15 is 0 Å². The van der Waals surface area contributed by atoms with Gasteiger partial charge in [-0.1, -0.05) is 0 Å². The van der Waals surface area contributed by atoms with Gasteiger partial charge >= 0.3 is 0 Å². The Bertz CT molecular complexity index is 170. The van der Waals surface area contributed by atoms with E-state index < -0.39 is 0 Å². The molecule has 2 aliphatic heterocycles. The van der Waals surface area contributed by atoms with Crippen LogP contribution in [0.5, 0.6) is 0 Å². The number of piperazine rings is 1. The fraction of sp³-hybridized carbons (Fsp3) is 1.00. The minimum absolute atomic E-state index is 0.443. The summed E-state index contributed by atoms with van der Waals surface area (Å²) in [6.07, 6.45) is 3.31. The van der Waals surface area contributed by atoms with Crippen LogP contribution in [0, 0.1) is 0 Å². The predicted octanol–water partition coefficient (Wildman–Crippen LogP) is 0.848. The van der Waals surface area contributed by atoms with Crippen LogP contribution in [0.1, 0.15) is 26.7 Å². The molecule has 3 nitrogen and oxygen atoms in total. The molecule has 2 unspecified atom stereocenters. The number of rotatable bonds is 1. The lowest BCUT2D eigenvalue weighted by Crippen LogP contribution is -2.51.